The summed E-state index contributed by atoms with van der Waals surface area (Å²) in [5.41, 5.74) is 1.29. The molecule has 0 amide bonds. The first-order valence-electron chi connectivity index (χ1n) is 7.15. The highest BCUT2D eigenvalue weighted by Gasteiger charge is 2.20. The molecule has 0 N–H and O–H groups in total. The number of hydrogen-bond acceptors (Lipinski definition) is 2. The topological polar surface area (TPSA) is 43.1 Å². The molecule has 0 radical (unpaired) electrons. The van der Waals surface area contributed by atoms with Crippen molar-refractivity contribution in [2.75, 3.05) is 0 Å². The van der Waals surface area contributed by atoms with Gasteiger partial charge in [-0.25, -0.2) is 0 Å². The first kappa shape index (κ1) is 12.8. The molecule has 22 heavy (non-hydrogen) atoms. The number of hydrogen-bond donors (Lipinski definition) is 0. The zero-order chi connectivity index (χ0) is 15.3. The normalized spacial score (nSPS) is 11.3. The average Bonchev–Trinajstić information content (AvgIpc) is 2.54. The standard InChI is InChI=1S/C19H13NO2/c1-12-14-7-4-5-9-16(14)19(20(21)22)17-11-10-13-6-2-3-8-15(13)18(12)17/h2-11H,1H3. The highest BCUT2D eigenvalue weighted by atomic mass is 16.6. The average molecular weight is 287 g/mol. The van der Waals surface area contributed by atoms with Crippen molar-refractivity contribution in [1.29, 1.82) is 0 Å². The van der Waals surface area contributed by atoms with Crippen LogP contribution < -0.4 is 0 Å². The van der Waals surface area contributed by atoms with Crippen molar-refractivity contribution in [3.8, 4) is 0 Å². The zero-order valence-electron chi connectivity index (χ0n) is 12.0. The van der Waals surface area contributed by atoms with Gasteiger partial charge >= 0.3 is 0 Å². The number of benzene rings is 4. The zero-order valence-corrected chi connectivity index (χ0v) is 12.0. The van der Waals surface area contributed by atoms with E-state index in [0.717, 1.165) is 27.1 Å². The number of fused-ring (bicyclic) bond motifs is 4. The van der Waals surface area contributed by atoms with Crippen LogP contribution in [0.15, 0.2) is 60.7 Å². The van der Waals surface area contributed by atoms with Crippen molar-refractivity contribution in [3.05, 3.63) is 76.3 Å². The summed E-state index contributed by atoms with van der Waals surface area (Å²) in [4.78, 5) is 11.4. The van der Waals surface area contributed by atoms with Crippen LogP contribution in [0, 0.1) is 17.0 Å². The molecule has 0 aliphatic heterocycles. The minimum Gasteiger partial charge on any atom is -0.258 e. The maximum absolute atomic E-state index is 11.7. The lowest BCUT2D eigenvalue weighted by atomic mass is 9.92. The third kappa shape index (κ3) is 1.62. The fraction of sp³-hybridized carbons (Fsp3) is 0.0526. The molecule has 106 valence electrons. The van der Waals surface area contributed by atoms with Gasteiger partial charge in [-0.15, -0.1) is 0 Å². The Kier molecular flexibility index (Phi) is 2.63. The van der Waals surface area contributed by atoms with Gasteiger partial charge in [-0.05, 0) is 46.2 Å². The fourth-order valence-electron chi connectivity index (χ4n) is 3.37. The second-order valence-corrected chi connectivity index (χ2v) is 5.49. The number of nitrogens with zero attached hydrogens (tertiary/aromatic N) is 1. The molecule has 3 heteroatoms. The molecule has 3 nitrogen and oxygen atoms in total. The number of aryl methyl sites for hydroxylation is 1. The van der Waals surface area contributed by atoms with E-state index < -0.39 is 0 Å². The number of non-ortho nitro benzene ring substituents is 1. The van der Waals surface area contributed by atoms with E-state index in [1.165, 1.54) is 0 Å². The Morgan fingerprint density at radius 2 is 1.41 bits per heavy atom. The molecule has 0 heterocycles. The largest absolute Gasteiger partial charge is 0.284 e. The van der Waals surface area contributed by atoms with Gasteiger partial charge in [0, 0.05) is 0 Å². The third-order valence-electron chi connectivity index (χ3n) is 4.33. The fourth-order valence-corrected chi connectivity index (χ4v) is 3.37. The molecule has 0 aromatic heterocycles. The summed E-state index contributed by atoms with van der Waals surface area (Å²) in [7, 11) is 0. The van der Waals surface area contributed by atoms with Crippen LogP contribution in [-0.4, -0.2) is 4.92 Å². The Balaban J connectivity index is 2.39. The van der Waals surface area contributed by atoms with Crippen molar-refractivity contribution in [1.82, 2.24) is 0 Å². The van der Waals surface area contributed by atoms with Crippen LogP contribution in [0.2, 0.25) is 0 Å². The minimum atomic E-state index is -0.265. The van der Waals surface area contributed by atoms with E-state index in [2.05, 4.69) is 0 Å². The number of nitro groups is 1. The molecular formula is C19H13NO2. The summed E-state index contributed by atoms with van der Waals surface area (Å²) in [5.74, 6) is 0. The number of rotatable bonds is 1. The molecule has 0 atom stereocenters. The first-order valence-corrected chi connectivity index (χ1v) is 7.15. The molecule has 4 aromatic rings. The summed E-state index contributed by atoms with van der Waals surface area (Å²) in [5, 5.41) is 17.2. The molecule has 0 unspecified atom stereocenters. The van der Waals surface area contributed by atoms with Crippen molar-refractivity contribution in [2.24, 2.45) is 0 Å². The van der Waals surface area contributed by atoms with Gasteiger partial charge in [0.2, 0.25) is 0 Å². The van der Waals surface area contributed by atoms with E-state index in [-0.39, 0.29) is 10.6 Å². The van der Waals surface area contributed by atoms with Crippen LogP contribution in [0.4, 0.5) is 5.69 Å². The maximum atomic E-state index is 11.7. The van der Waals surface area contributed by atoms with E-state index in [9.17, 15) is 10.1 Å². The number of nitro benzene ring substituents is 1. The van der Waals surface area contributed by atoms with Gasteiger partial charge in [-0.1, -0.05) is 48.5 Å². The SMILES string of the molecule is Cc1c2ccccc2c([N+](=O)[O-])c2ccc3ccccc3c12. The van der Waals surface area contributed by atoms with Crippen molar-refractivity contribution in [3.63, 3.8) is 0 Å². The first-order chi connectivity index (χ1) is 10.7. The predicted octanol–water partition coefficient (Wildman–Crippen LogP) is 5.36. The molecule has 0 saturated heterocycles. The highest BCUT2D eigenvalue weighted by Crippen LogP contribution is 2.40. The molecular weight excluding hydrogens is 274 g/mol. The highest BCUT2D eigenvalue weighted by molar-refractivity contribution is 6.19. The Labute approximate surface area is 126 Å². The van der Waals surface area contributed by atoms with Crippen LogP contribution >= 0.6 is 0 Å². The summed E-state index contributed by atoms with van der Waals surface area (Å²) in [6.07, 6.45) is 0. The Morgan fingerprint density at radius 3 is 2.14 bits per heavy atom. The van der Waals surface area contributed by atoms with E-state index in [1.54, 1.807) is 0 Å². The van der Waals surface area contributed by atoms with Crippen LogP contribution in [0.1, 0.15) is 5.56 Å². The molecule has 0 spiro atoms. The van der Waals surface area contributed by atoms with Crippen LogP contribution in [-0.2, 0) is 0 Å². The smallest absolute Gasteiger partial charge is 0.258 e. The molecule has 0 fully saturated rings. The van der Waals surface area contributed by atoms with Crippen molar-refractivity contribution >= 4 is 38.0 Å². The molecule has 0 saturated carbocycles. The van der Waals surface area contributed by atoms with Crippen LogP contribution in [0.5, 0.6) is 0 Å². The Morgan fingerprint density at radius 1 is 0.773 bits per heavy atom. The summed E-state index contributed by atoms with van der Waals surface area (Å²) >= 11 is 0. The van der Waals surface area contributed by atoms with Crippen LogP contribution in [0.3, 0.4) is 0 Å². The van der Waals surface area contributed by atoms with Gasteiger partial charge in [-0.3, -0.25) is 10.1 Å². The summed E-state index contributed by atoms with van der Waals surface area (Å²) in [6, 6.07) is 19.4. The minimum absolute atomic E-state index is 0.196. The predicted molar refractivity (Wildman–Crippen MR) is 90.4 cm³/mol. The van der Waals surface area contributed by atoms with Gasteiger partial charge in [-0.2, -0.15) is 0 Å². The molecule has 0 bridgehead atoms. The Hall–Kier alpha value is -2.94. The molecule has 0 aliphatic rings. The molecule has 4 aromatic carbocycles. The lowest BCUT2D eigenvalue weighted by molar-refractivity contribution is -0.381. The third-order valence-corrected chi connectivity index (χ3v) is 4.33. The quantitative estimate of drug-likeness (QED) is 0.204. The van der Waals surface area contributed by atoms with E-state index >= 15 is 0 Å². The van der Waals surface area contributed by atoms with Crippen LogP contribution in [0.25, 0.3) is 32.3 Å². The maximum Gasteiger partial charge on any atom is 0.284 e. The molecule has 4 rings (SSSR count). The molecule has 0 aliphatic carbocycles. The van der Waals surface area contributed by atoms with Gasteiger partial charge in [0.25, 0.3) is 5.69 Å². The second-order valence-electron chi connectivity index (χ2n) is 5.49. The van der Waals surface area contributed by atoms with Gasteiger partial charge in [0.05, 0.1) is 15.7 Å². The Bertz CT molecular complexity index is 1070. The summed E-state index contributed by atoms with van der Waals surface area (Å²) < 4.78 is 0. The van der Waals surface area contributed by atoms with E-state index in [0.29, 0.717) is 10.8 Å². The lowest BCUT2D eigenvalue weighted by Gasteiger charge is -2.11. The van der Waals surface area contributed by atoms with Gasteiger partial charge < -0.3 is 0 Å². The van der Waals surface area contributed by atoms with Gasteiger partial charge in [0.15, 0.2) is 0 Å². The monoisotopic (exact) mass is 287 g/mol. The second kappa shape index (κ2) is 4.53. The van der Waals surface area contributed by atoms with E-state index in [1.807, 2.05) is 67.6 Å². The van der Waals surface area contributed by atoms with Crippen molar-refractivity contribution < 1.29 is 4.92 Å². The lowest BCUT2D eigenvalue weighted by Crippen LogP contribution is -1.94. The van der Waals surface area contributed by atoms with Gasteiger partial charge in [0.1, 0.15) is 0 Å². The summed E-state index contributed by atoms with van der Waals surface area (Å²) in [6.45, 7) is 2.04. The van der Waals surface area contributed by atoms with Crippen molar-refractivity contribution in [2.45, 2.75) is 6.92 Å². The van der Waals surface area contributed by atoms with E-state index in [4.69, 9.17) is 0 Å².